The van der Waals surface area contributed by atoms with Gasteiger partial charge in [0.1, 0.15) is 29.9 Å². The number of carbonyl (C=O) groups excluding carboxylic acids is 4. The maximum Gasteiger partial charge on any atom is 0.310 e. The summed E-state index contributed by atoms with van der Waals surface area (Å²) < 4.78 is 16.5. The standard InChI is InChI=1S/C27H31N5O7/c1-2-37-27-18(14-21(33)39-27)30-23(34)19-8-5-13-31-26-20(38-26)10-9-17(25(36)32(19)31)29-24(35)22-16-7-4-3-6-15(16)11-12-28-22/h3-4,6-7,11-12,17-20,26-27H,2,5,8-10,13-14H2,1H3,(H,29,35)(H,30,34)/t17-,18-,19-,20?,26?,27+/m0/s1. The number of amides is 3. The number of nitrogens with zero attached hydrogens (tertiary/aromatic N) is 3. The molecule has 4 aliphatic rings. The Kier molecular flexibility index (Phi) is 6.92. The maximum atomic E-state index is 14.0. The van der Waals surface area contributed by atoms with Crippen LogP contribution in [0.1, 0.15) is 49.5 Å². The summed E-state index contributed by atoms with van der Waals surface area (Å²) in [5.74, 6) is -1.69. The number of hydrazine groups is 1. The molecule has 0 radical (unpaired) electrons. The van der Waals surface area contributed by atoms with Crippen LogP contribution in [0.2, 0.25) is 0 Å². The van der Waals surface area contributed by atoms with E-state index in [0.717, 1.165) is 5.39 Å². The van der Waals surface area contributed by atoms with Crippen molar-refractivity contribution in [2.45, 2.75) is 75.8 Å². The molecule has 12 heteroatoms. The first kappa shape index (κ1) is 25.7. The van der Waals surface area contributed by atoms with Crippen LogP contribution in [0.25, 0.3) is 10.8 Å². The van der Waals surface area contributed by atoms with Gasteiger partial charge in [0.15, 0.2) is 6.23 Å². The predicted octanol–water partition coefficient (Wildman–Crippen LogP) is 0.854. The number of aromatic nitrogens is 1. The van der Waals surface area contributed by atoms with Crippen molar-refractivity contribution in [2.75, 3.05) is 13.2 Å². The van der Waals surface area contributed by atoms with Gasteiger partial charge in [-0.2, -0.15) is 5.01 Å². The number of esters is 1. The van der Waals surface area contributed by atoms with E-state index in [1.54, 1.807) is 13.1 Å². The van der Waals surface area contributed by atoms with Crippen LogP contribution in [0.5, 0.6) is 0 Å². The summed E-state index contributed by atoms with van der Waals surface area (Å²) in [6.07, 6.45) is 2.40. The second-order valence-corrected chi connectivity index (χ2v) is 10.2. The predicted molar refractivity (Wildman–Crippen MR) is 136 cm³/mol. The Labute approximate surface area is 224 Å². The summed E-state index contributed by atoms with van der Waals surface area (Å²) in [6, 6.07) is 6.91. The van der Waals surface area contributed by atoms with Crippen LogP contribution in [0.15, 0.2) is 36.5 Å². The van der Waals surface area contributed by atoms with Crippen LogP contribution < -0.4 is 10.6 Å². The van der Waals surface area contributed by atoms with E-state index in [1.807, 2.05) is 35.3 Å². The number of epoxide rings is 1. The van der Waals surface area contributed by atoms with Crippen LogP contribution in [-0.2, 0) is 28.6 Å². The van der Waals surface area contributed by atoms with Gasteiger partial charge < -0.3 is 24.8 Å². The van der Waals surface area contributed by atoms with Gasteiger partial charge in [-0.25, -0.2) is 0 Å². The molecular weight excluding hydrogens is 506 g/mol. The molecule has 39 heavy (non-hydrogen) atoms. The van der Waals surface area contributed by atoms with E-state index in [0.29, 0.717) is 44.2 Å². The fourth-order valence-corrected chi connectivity index (χ4v) is 5.76. The van der Waals surface area contributed by atoms with E-state index in [9.17, 15) is 19.2 Å². The van der Waals surface area contributed by atoms with Crippen molar-refractivity contribution in [2.24, 2.45) is 0 Å². The lowest BCUT2D eigenvalue weighted by molar-refractivity contribution is -0.177. The molecular formula is C27H31N5O7. The molecule has 5 heterocycles. The molecule has 0 aliphatic carbocycles. The number of rotatable bonds is 6. The van der Waals surface area contributed by atoms with Gasteiger partial charge in [0.25, 0.3) is 11.8 Å². The molecule has 6 rings (SSSR count). The van der Waals surface area contributed by atoms with Crippen molar-refractivity contribution >= 4 is 34.5 Å². The van der Waals surface area contributed by atoms with Gasteiger partial charge in [-0.1, -0.05) is 24.3 Å². The zero-order chi connectivity index (χ0) is 27.1. The normalized spacial score (nSPS) is 30.5. The van der Waals surface area contributed by atoms with Crippen molar-refractivity contribution < 1.29 is 33.4 Å². The highest BCUT2D eigenvalue weighted by atomic mass is 16.7. The molecule has 2 unspecified atom stereocenters. The molecule has 3 amide bonds. The second kappa shape index (κ2) is 10.5. The van der Waals surface area contributed by atoms with Gasteiger partial charge in [-0.05, 0) is 44.1 Å². The Balaban J connectivity index is 1.23. The monoisotopic (exact) mass is 537 g/mol. The molecule has 0 spiro atoms. The van der Waals surface area contributed by atoms with Gasteiger partial charge in [0, 0.05) is 24.7 Å². The van der Waals surface area contributed by atoms with E-state index in [4.69, 9.17) is 14.2 Å². The zero-order valence-corrected chi connectivity index (χ0v) is 21.6. The molecule has 4 aliphatic heterocycles. The van der Waals surface area contributed by atoms with Crippen LogP contribution in [-0.4, -0.2) is 88.6 Å². The minimum atomic E-state index is -0.870. The molecule has 4 fully saturated rings. The van der Waals surface area contributed by atoms with E-state index < -0.39 is 42.2 Å². The average Bonchev–Trinajstić information content (AvgIpc) is 3.63. The first-order valence-corrected chi connectivity index (χ1v) is 13.5. The van der Waals surface area contributed by atoms with Crippen molar-refractivity contribution in [3.63, 3.8) is 0 Å². The summed E-state index contributed by atoms with van der Waals surface area (Å²) in [4.78, 5) is 57.1. The lowest BCUT2D eigenvalue weighted by atomic mass is 10.0. The van der Waals surface area contributed by atoms with Crippen molar-refractivity contribution in [3.05, 3.63) is 42.2 Å². The number of benzene rings is 1. The summed E-state index contributed by atoms with van der Waals surface area (Å²) in [7, 11) is 0. The summed E-state index contributed by atoms with van der Waals surface area (Å²) in [5.41, 5.74) is 0.237. The van der Waals surface area contributed by atoms with Crippen LogP contribution in [0.3, 0.4) is 0 Å². The number of pyridine rings is 1. The zero-order valence-electron chi connectivity index (χ0n) is 21.6. The molecule has 6 atom stereocenters. The largest absolute Gasteiger partial charge is 0.433 e. The molecule has 1 aromatic heterocycles. The van der Waals surface area contributed by atoms with Gasteiger partial charge >= 0.3 is 5.97 Å². The number of fused-ring (bicyclic) bond motifs is 4. The van der Waals surface area contributed by atoms with Crippen LogP contribution in [0.4, 0.5) is 0 Å². The maximum absolute atomic E-state index is 14.0. The highest BCUT2D eigenvalue weighted by Gasteiger charge is 2.54. The molecule has 0 bridgehead atoms. The van der Waals surface area contributed by atoms with Crippen molar-refractivity contribution in [3.8, 4) is 0 Å². The number of hydrogen-bond acceptors (Lipinski definition) is 9. The van der Waals surface area contributed by atoms with Crippen LogP contribution >= 0.6 is 0 Å². The highest BCUT2D eigenvalue weighted by Crippen LogP contribution is 2.37. The molecule has 12 nitrogen and oxygen atoms in total. The molecule has 206 valence electrons. The van der Waals surface area contributed by atoms with Crippen molar-refractivity contribution in [1.29, 1.82) is 0 Å². The minimum Gasteiger partial charge on any atom is -0.433 e. The van der Waals surface area contributed by atoms with Gasteiger partial charge in [-0.3, -0.25) is 29.2 Å². The fraction of sp³-hybridized carbons (Fsp3) is 0.519. The van der Waals surface area contributed by atoms with Gasteiger partial charge in [0.2, 0.25) is 12.2 Å². The van der Waals surface area contributed by atoms with E-state index in [1.165, 1.54) is 5.01 Å². The number of hydrogen-bond donors (Lipinski definition) is 2. The lowest BCUT2D eigenvalue weighted by Crippen LogP contribution is -2.66. The van der Waals surface area contributed by atoms with Crippen molar-refractivity contribution in [1.82, 2.24) is 25.6 Å². The Morgan fingerprint density at radius 3 is 2.82 bits per heavy atom. The lowest BCUT2D eigenvalue weighted by Gasteiger charge is -2.45. The topological polar surface area (TPSA) is 143 Å². The third kappa shape index (κ3) is 4.95. The summed E-state index contributed by atoms with van der Waals surface area (Å²) in [6.45, 7) is 2.64. The van der Waals surface area contributed by atoms with Gasteiger partial charge in [-0.15, -0.1) is 0 Å². The minimum absolute atomic E-state index is 0.00862. The quantitative estimate of drug-likeness (QED) is 0.405. The van der Waals surface area contributed by atoms with E-state index in [-0.39, 0.29) is 30.4 Å². The third-order valence-electron chi connectivity index (χ3n) is 7.67. The highest BCUT2D eigenvalue weighted by molar-refractivity contribution is 6.06. The number of nitrogens with one attached hydrogen (secondary N) is 2. The molecule has 1 aromatic carbocycles. The summed E-state index contributed by atoms with van der Waals surface area (Å²) in [5, 5.41) is 10.6. The SMILES string of the molecule is CCO[C@@H]1OC(=O)C[C@@H]1NC(=O)[C@@H]1CCCN2C3OC3CC[C@H](NC(=O)c3nccc4ccccc34)C(=O)N12. The fourth-order valence-electron chi connectivity index (χ4n) is 5.76. The number of ether oxygens (including phenoxy) is 3. The number of cyclic esters (lactones) is 1. The molecule has 4 saturated heterocycles. The molecule has 2 aromatic rings. The van der Waals surface area contributed by atoms with E-state index in [2.05, 4.69) is 15.6 Å². The van der Waals surface area contributed by atoms with Gasteiger partial charge in [0.05, 0.1) is 6.42 Å². The Morgan fingerprint density at radius 2 is 1.97 bits per heavy atom. The molecule has 0 saturated carbocycles. The average molecular weight is 538 g/mol. The number of carbonyl (C=O) groups is 4. The van der Waals surface area contributed by atoms with E-state index >= 15 is 0 Å². The molecule has 2 N–H and O–H groups in total. The van der Waals surface area contributed by atoms with Crippen LogP contribution in [0, 0.1) is 0 Å². The summed E-state index contributed by atoms with van der Waals surface area (Å²) >= 11 is 0. The smallest absolute Gasteiger partial charge is 0.310 e. The Bertz CT molecular complexity index is 1300. The first-order chi connectivity index (χ1) is 18.9. The Morgan fingerprint density at radius 1 is 1.13 bits per heavy atom. The third-order valence-corrected chi connectivity index (χ3v) is 7.67. The first-order valence-electron chi connectivity index (χ1n) is 13.5. The second-order valence-electron chi connectivity index (χ2n) is 10.2. The Hall–Kier alpha value is -3.61.